The first kappa shape index (κ1) is 15.6. The van der Waals surface area contributed by atoms with Gasteiger partial charge in [-0.3, -0.25) is 0 Å². The maximum absolute atomic E-state index is 9.97. The van der Waals surface area contributed by atoms with Gasteiger partial charge in [0.25, 0.3) is 0 Å². The van der Waals surface area contributed by atoms with Crippen molar-refractivity contribution in [2.75, 3.05) is 0 Å². The van der Waals surface area contributed by atoms with Crippen LogP contribution in [-0.2, 0) is 13.0 Å². The molecule has 2 nitrogen and oxygen atoms in total. The molecule has 0 radical (unpaired) electrons. The van der Waals surface area contributed by atoms with Crippen LogP contribution in [0.3, 0.4) is 0 Å². The number of unbranched alkanes of at least 4 members (excludes halogenated alkanes) is 7. The fourth-order valence-corrected chi connectivity index (χ4v) is 3.36. The Morgan fingerprint density at radius 3 is 2.55 bits per heavy atom. The lowest BCUT2D eigenvalue weighted by Gasteiger charge is -2.20. The Morgan fingerprint density at radius 2 is 1.80 bits per heavy atom. The second-order valence-corrected chi connectivity index (χ2v) is 6.29. The molecule has 0 saturated carbocycles. The molecule has 0 saturated heterocycles. The zero-order valence-corrected chi connectivity index (χ0v) is 13.1. The zero-order valence-electron chi connectivity index (χ0n) is 13.1. The Morgan fingerprint density at radius 1 is 1.10 bits per heavy atom. The Bertz CT molecular complexity index is 383. The number of aromatic nitrogens is 1. The van der Waals surface area contributed by atoms with Crippen molar-refractivity contribution >= 4 is 0 Å². The van der Waals surface area contributed by atoms with Gasteiger partial charge < -0.3 is 9.67 Å². The summed E-state index contributed by atoms with van der Waals surface area (Å²) >= 11 is 0. The van der Waals surface area contributed by atoms with E-state index in [0.29, 0.717) is 0 Å². The quantitative estimate of drug-likeness (QED) is 0.631. The lowest BCUT2D eigenvalue weighted by atomic mass is 9.95. The van der Waals surface area contributed by atoms with Crippen LogP contribution in [0.4, 0.5) is 0 Å². The van der Waals surface area contributed by atoms with Crippen LogP contribution in [-0.4, -0.2) is 9.67 Å². The average molecular weight is 277 g/mol. The number of rotatable bonds is 9. The summed E-state index contributed by atoms with van der Waals surface area (Å²) in [6, 6.07) is 2.13. The summed E-state index contributed by atoms with van der Waals surface area (Å²) in [5.74, 6) is 0. The van der Waals surface area contributed by atoms with Crippen LogP contribution in [0, 0.1) is 0 Å². The van der Waals surface area contributed by atoms with Crippen LogP contribution in [0.25, 0.3) is 0 Å². The second-order valence-electron chi connectivity index (χ2n) is 6.29. The predicted molar refractivity (Wildman–Crippen MR) is 84.9 cm³/mol. The van der Waals surface area contributed by atoms with Gasteiger partial charge in [-0.1, -0.05) is 51.9 Å². The summed E-state index contributed by atoms with van der Waals surface area (Å²) in [4.78, 5) is 0. The van der Waals surface area contributed by atoms with Crippen LogP contribution < -0.4 is 0 Å². The molecule has 1 aliphatic carbocycles. The average Bonchev–Trinajstić information content (AvgIpc) is 2.87. The molecule has 0 spiro atoms. The molecule has 1 unspecified atom stereocenters. The Hall–Kier alpha value is -0.760. The Kier molecular flexibility index (Phi) is 6.65. The van der Waals surface area contributed by atoms with E-state index >= 15 is 0 Å². The Labute approximate surface area is 124 Å². The minimum atomic E-state index is -0.210. The molecule has 114 valence electrons. The normalized spacial score (nSPS) is 18.2. The molecule has 20 heavy (non-hydrogen) atoms. The highest BCUT2D eigenvalue weighted by Crippen LogP contribution is 2.30. The molecule has 1 N–H and O–H groups in total. The van der Waals surface area contributed by atoms with Crippen molar-refractivity contribution in [2.45, 2.75) is 90.2 Å². The van der Waals surface area contributed by atoms with E-state index < -0.39 is 0 Å². The van der Waals surface area contributed by atoms with E-state index in [-0.39, 0.29) is 6.10 Å². The molecule has 2 rings (SSSR count). The number of nitrogens with zero attached hydrogens (tertiary/aromatic N) is 1. The number of aliphatic hydroxyl groups excluding tert-OH is 1. The first-order valence-corrected chi connectivity index (χ1v) is 8.69. The molecule has 0 aromatic carbocycles. The van der Waals surface area contributed by atoms with Crippen molar-refractivity contribution in [3.05, 3.63) is 23.5 Å². The van der Waals surface area contributed by atoms with Gasteiger partial charge in [-0.2, -0.15) is 0 Å². The van der Waals surface area contributed by atoms with Crippen LogP contribution in [0.1, 0.15) is 88.5 Å². The molecule has 0 fully saturated rings. The van der Waals surface area contributed by atoms with Gasteiger partial charge in [0.15, 0.2) is 0 Å². The first-order valence-electron chi connectivity index (χ1n) is 8.69. The summed E-state index contributed by atoms with van der Waals surface area (Å²) in [5, 5.41) is 9.97. The summed E-state index contributed by atoms with van der Waals surface area (Å²) in [5.41, 5.74) is 2.59. The van der Waals surface area contributed by atoms with E-state index in [1.807, 2.05) is 0 Å². The van der Waals surface area contributed by atoms with Crippen LogP contribution in [0.15, 0.2) is 12.3 Å². The largest absolute Gasteiger partial charge is 0.388 e. The number of fused-ring (bicyclic) bond motifs is 1. The lowest BCUT2D eigenvalue weighted by molar-refractivity contribution is 0.155. The van der Waals surface area contributed by atoms with Crippen LogP contribution in [0.5, 0.6) is 0 Å². The molecule has 1 atom stereocenters. The van der Waals surface area contributed by atoms with Gasteiger partial charge in [-0.05, 0) is 31.7 Å². The zero-order chi connectivity index (χ0) is 14.2. The Balaban J connectivity index is 1.63. The van der Waals surface area contributed by atoms with Crippen molar-refractivity contribution in [3.8, 4) is 0 Å². The smallest absolute Gasteiger partial charge is 0.0807 e. The van der Waals surface area contributed by atoms with E-state index in [9.17, 15) is 5.11 Å². The van der Waals surface area contributed by atoms with Crippen LogP contribution >= 0.6 is 0 Å². The maximum Gasteiger partial charge on any atom is 0.0807 e. The molecule has 0 amide bonds. The molecule has 2 heteroatoms. The van der Waals surface area contributed by atoms with Gasteiger partial charge in [0.2, 0.25) is 0 Å². The standard InChI is InChI=1S/C18H31NO/c1-2-3-4-5-6-7-8-9-14-19-15-13-16-17(19)11-10-12-18(16)20/h13,15,18,20H,2-12,14H2,1H3. The molecule has 0 aliphatic heterocycles. The highest BCUT2D eigenvalue weighted by Gasteiger charge is 2.20. The molecule has 1 heterocycles. The van der Waals surface area contributed by atoms with Gasteiger partial charge in [-0.15, -0.1) is 0 Å². The summed E-state index contributed by atoms with van der Waals surface area (Å²) in [6.07, 6.45) is 16.2. The third kappa shape index (κ3) is 4.37. The molecule has 0 bridgehead atoms. The lowest BCUT2D eigenvalue weighted by Crippen LogP contribution is -2.12. The first-order chi connectivity index (χ1) is 9.83. The van der Waals surface area contributed by atoms with Gasteiger partial charge in [0, 0.05) is 24.0 Å². The summed E-state index contributed by atoms with van der Waals surface area (Å²) in [6.45, 7) is 3.41. The fourth-order valence-electron chi connectivity index (χ4n) is 3.36. The molecular formula is C18H31NO. The predicted octanol–water partition coefficient (Wildman–Crippen LogP) is 5.00. The van der Waals surface area contributed by atoms with Crippen molar-refractivity contribution < 1.29 is 5.11 Å². The number of hydrogen-bond donors (Lipinski definition) is 1. The maximum atomic E-state index is 9.97. The molecule has 1 aromatic heterocycles. The minimum absolute atomic E-state index is 0.210. The van der Waals surface area contributed by atoms with Crippen LogP contribution in [0.2, 0.25) is 0 Å². The van der Waals surface area contributed by atoms with Crippen molar-refractivity contribution in [1.29, 1.82) is 0 Å². The van der Waals surface area contributed by atoms with Crippen molar-refractivity contribution in [1.82, 2.24) is 4.57 Å². The SMILES string of the molecule is CCCCCCCCCCn1ccc2c1CCCC2O. The van der Waals surface area contributed by atoms with E-state index in [4.69, 9.17) is 0 Å². The minimum Gasteiger partial charge on any atom is -0.388 e. The highest BCUT2D eigenvalue weighted by atomic mass is 16.3. The van der Waals surface area contributed by atoms with E-state index in [1.54, 1.807) is 0 Å². The second kappa shape index (κ2) is 8.51. The number of hydrogen-bond acceptors (Lipinski definition) is 1. The molecule has 1 aliphatic rings. The van der Waals surface area contributed by atoms with Gasteiger partial charge >= 0.3 is 0 Å². The number of aliphatic hydroxyl groups is 1. The highest BCUT2D eigenvalue weighted by molar-refractivity contribution is 5.27. The fraction of sp³-hybridized carbons (Fsp3) is 0.778. The molecule has 1 aromatic rings. The van der Waals surface area contributed by atoms with Gasteiger partial charge in [0.1, 0.15) is 0 Å². The third-order valence-electron chi connectivity index (χ3n) is 4.62. The van der Waals surface area contributed by atoms with Crippen molar-refractivity contribution in [2.24, 2.45) is 0 Å². The van der Waals surface area contributed by atoms with Gasteiger partial charge in [0.05, 0.1) is 6.10 Å². The monoisotopic (exact) mass is 277 g/mol. The summed E-state index contributed by atoms with van der Waals surface area (Å²) in [7, 11) is 0. The third-order valence-corrected chi connectivity index (χ3v) is 4.62. The number of aryl methyl sites for hydroxylation is 1. The summed E-state index contributed by atoms with van der Waals surface area (Å²) < 4.78 is 2.38. The van der Waals surface area contributed by atoms with E-state index in [2.05, 4.69) is 23.8 Å². The van der Waals surface area contributed by atoms with Gasteiger partial charge in [-0.25, -0.2) is 0 Å². The van der Waals surface area contributed by atoms with E-state index in [1.165, 1.54) is 62.6 Å². The van der Waals surface area contributed by atoms with Crippen molar-refractivity contribution in [3.63, 3.8) is 0 Å². The molecular weight excluding hydrogens is 246 g/mol. The van der Waals surface area contributed by atoms with E-state index in [0.717, 1.165) is 25.8 Å². The topological polar surface area (TPSA) is 25.2 Å².